The van der Waals surface area contributed by atoms with Crippen molar-refractivity contribution in [1.29, 1.82) is 0 Å². The number of fused-ring (bicyclic) bond motifs is 2. The summed E-state index contributed by atoms with van der Waals surface area (Å²) < 4.78 is 5.00. The van der Waals surface area contributed by atoms with Gasteiger partial charge in [0, 0.05) is 12.1 Å². The van der Waals surface area contributed by atoms with E-state index in [4.69, 9.17) is 4.74 Å². The van der Waals surface area contributed by atoms with Crippen molar-refractivity contribution < 1.29 is 9.53 Å². The Hall–Kier alpha value is -0.570. The Morgan fingerprint density at radius 3 is 2.92 bits per heavy atom. The maximum Gasteiger partial charge on any atom is 0.310 e. The molecule has 1 N–H and O–H groups in total. The van der Waals surface area contributed by atoms with Gasteiger partial charge in [0.25, 0.3) is 0 Å². The van der Waals surface area contributed by atoms with Crippen LogP contribution in [0.1, 0.15) is 26.2 Å². The van der Waals surface area contributed by atoms with E-state index >= 15 is 0 Å². The predicted octanol–water partition coefficient (Wildman–Crippen LogP) is 0.690. The van der Waals surface area contributed by atoms with Gasteiger partial charge in [-0.2, -0.15) is 0 Å². The van der Waals surface area contributed by atoms with Gasteiger partial charge < -0.3 is 10.1 Å². The molecule has 68 valence electrons. The van der Waals surface area contributed by atoms with E-state index < -0.39 is 0 Å². The minimum atomic E-state index is -0.00259. The van der Waals surface area contributed by atoms with Crippen LogP contribution in [0, 0.1) is 5.92 Å². The van der Waals surface area contributed by atoms with Crippen LogP contribution in [0.3, 0.4) is 0 Å². The highest BCUT2D eigenvalue weighted by molar-refractivity contribution is 5.74. The number of ether oxygens (including phenoxy) is 1. The van der Waals surface area contributed by atoms with E-state index in [9.17, 15) is 4.79 Å². The Bertz CT molecular complexity index is 193. The van der Waals surface area contributed by atoms with Crippen LogP contribution in [0.15, 0.2) is 0 Å². The fourth-order valence-electron chi connectivity index (χ4n) is 2.33. The largest absolute Gasteiger partial charge is 0.466 e. The number of nitrogens with one attached hydrogen (secondary N) is 1. The zero-order valence-electron chi connectivity index (χ0n) is 7.38. The molecule has 3 nitrogen and oxygen atoms in total. The van der Waals surface area contributed by atoms with E-state index in [1.807, 2.05) is 6.92 Å². The summed E-state index contributed by atoms with van der Waals surface area (Å²) in [7, 11) is 0. The number of hydrogen-bond donors (Lipinski definition) is 1. The molecule has 0 saturated carbocycles. The van der Waals surface area contributed by atoms with Crippen molar-refractivity contribution >= 4 is 5.97 Å². The molecular weight excluding hydrogens is 154 g/mol. The van der Waals surface area contributed by atoms with Crippen molar-refractivity contribution in [3.8, 4) is 0 Å². The summed E-state index contributed by atoms with van der Waals surface area (Å²) in [6.45, 7) is 2.37. The average Bonchev–Trinajstić information content (AvgIpc) is 2.64. The molecule has 0 aromatic rings. The molecule has 2 heterocycles. The molecule has 3 atom stereocenters. The van der Waals surface area contributed by atoms with E-state index in [0.29, 0.717) is 18.7 Å². The highest BCUT2D eigenvalue weighted by Crippen LogP contribution is 2.33. The molecule has 0 radical (unpaired) electrons. The summed E-state index contributed by atoms with van der Waals surface area (Å²) in [4.78, 5) is 11.4. The van der Waals surface area contributed by atoms with Gasteiger partial charge in [0.2, 0.25) is 0 Å². The van der Waals surface area contributed by atoms with Crippen molar-refractivity contribution in [2.24, 2.45) is 5.92 Å². The van der Waals surface area contributed by atoms with Crippen LogP contribution in [-0.2, 0) is 9.53 Å². The van der Waals surface area contributed by atoms with Crippen LogP contribution in [0.4, 0.5) is 0 Å². The molecule has 0 spiro atoms. The van der Waals surface area contributed by atoms with Gasteiger partial charge in [-0.25, -0.2) is 0 Å². The molecule has 3 heteroatoms. The van der Waals surface area contributed by atoms with Gasteiger partial charge in [0.15, 0.2) is 0 Å². The Kier molecular flexibility index (Phi) is 2.05. The molecule has 12 heavy (non-hydrogen) atoms. The fraction of sp³-hybridized carbons (Fsp3) is 0.889. The first-order valence-electron chi connectivity index (χ1n) is 4.74. The van der Waals surface area contributed by atoms with Crippen molar-refractivity contribution in [2.75, 3.05) is 6.61 Å². The first-order valence-corrected chi connectivity index (χ1v) is 4.74. The monoisotopic (exact) mass is 169 g/mol. The van der Waals surface area contributed by atoms with Crippen LogP contribution in [0.5, 0.6) is 0 Å². The minimum absolute atomic E-state index is 0.00259. The van der Waals surface area contributed by atoms with Crippen LogP contribution < -0.4 is 5.32 Å². The lowest BCUT2D eigenvalue weighted by Crippen LogP contribution is -2.30. The fourth-order valence-corrected chi connectivity index (χ4v) is 2.33. The smallest absolute Gasteiger partial charge is 0.310 e. The summed E-state index contributed by atoms with van der Waals surface area (Å²) in [5, 5.41) is 3.42. The molecule has 2 aliphatic heterocycles. The van der Waals surface area contributed by atoms with E-state index in [-0.39, 0.29) is 11.9 Å². The third-order valence-electron chi connectivity index (χ3n) is 2.89. The highest BCUT2D eigenvalue weighted by atomic mass is 16.5. The molecule has 0 aliphatic carbocycles. The topological polar surface area (TPSA) is 38.3 Å². The second-order valence-corrected chi connectivity index (χ2v) is 3.64. The van der Waals surface area contributed by atoms with Crippen molar-refractivity contribution in [2.45, 2.75) is 38.3 Å². The predicted molar refractivity (Wildman–Crippen MR) is 44.7 cm³/mol. The molecule has 3 unspecified atom stereocenters. The van der Waals surface area contributed by atoms with Crippen LogP contribution in [0.2, 0.25) is 0 Å². The summed E-state index contributed by atoms with van der Waals surface area (Å²) >= 11 is 0. The Balaban J connectivity index is 1.93. The number of hydrogen-bond acceptors (Lipinski definition) is 3. The van der Waals surface area contributed by atoms with Gasteiger partial charge in [-0.15, -0.1) is 0 Å². The molecular formula is C9H15NO2. The average molecular weight is 169 g/mol. The summed E-state index contributed by atoms with van der Waals surface area (Å²) in [5.41, 5.74) is 0. The molecule has 2 aliphatic rings. The maximum atomic E-state index is 11.4. The molecule has 2 fully saturated rings. The zero-order chi connectivity index (χ0) is 8.55. The normalized spacial score (nSPS) is 38.6. The lowest BCUT2D eigenvalue weighted by Gasteiger charge is -2.17. The Morgan fingerprint density at radius 2 is 2.42 bits per heavy atom. The second kappa shape index (κ2) is 3.05. The summed E-state index contributed by atoms with van der Waals surface area (Å²) in [5.74, 6) is 0.140. The zero-order valence-corrected chi connectivity index (χ0v) is 7.38. The third-order valence-corrected chi connectivity index (χ3v) is 2.89. The van der Waals surface area contributed by atoms with Gasteiger partial charge in [0.1, 0.15) is 0 Å². The Labute approximate surface area is 72.5 Å². The number of carbonyl (C=O) groups is 1. The number of esters is 1. The number of rotatable bonds is 2. The highest BCUT2D eigenvalue weighted by Gasteiger charge is 2.43. The van der Waals surface area contributed by atoms with Gasteiger partial charge in [-0.1, -0.05) is 0 Å². The molecule has 0 aromatic carbocycles. The SMILES string of the molecule is CCOC(=O)C1CC2CCC1N2. The summed E-state index contributed by atoms with van der Waals surface area (Å²) in [6.07, 6.45) is 3.37. The van der Waals surface area contributed by atoms with Gasteiger partial charge in [-0.3, -0.25) is 4.79 Å². The first-order chi connectivity index (χ1) is 5.81. The Morgan fingerprint density at radius 1 is 1.58 bits per heavy atom. The van der Waals surface area contributed by atoms with Crippen LogP contribution >= 0.6 is 0 Å². The lowest BCUT2D eigenvalue weighted by atomic mass is 9.89. The molecule has 2 saturated heterocycles. The van der Waals surface area contributed by atoms with E-state index in [1.54, 1.807) is 0 Å². The van der Waals surface area contributed by atoms with E-state index in [1.165, 1.54) is 6.42 Å². The van der Waals surface area contributed by atoms with E-state index in [2.05, 4.69) is 5.32 Å². The molecule has 0 amide bonds. The lowest BCUT2D eigenvalue weighted by molar-refractivity contribution is -0.148. The standard InChI is InChI=1S/C9H15NO2/c1-2-12-9(11)7-5-6-3-4-8(7)10-6/h6-8,10H,2-5H2,1H3. The van der Waals surface area contributed by atoms with Gasteiger partial charge in [-0.05, 0) is 26.2 Å². The molecule has 2 bridgehead atoms. The quantitative estimate of drug-likeness (QED) is 0.618. The van der Waals surface area contributed by atoms with Crippen molar-refractivity contribution in [3.05, 3.63) is 0 Å². The van der Waals surface area contributed by atoms with Crippen molar-refractivity contribution in [3.63, 3.8) is 0 Å². The molecule has 2 rings (SSSR count). The molecule has 0 aromatic heterocycles. The van der Waals surface area contributed by atoms with Gasteiger partial charge >= 0.3 is 5.97 Å². The minimum Gasteiger partial charge on any atom is -0.466 e. The first kappa shape index (κ1) is 8.05. The van der Waals surface area contributed by atoms with Crippen molar-refractivity contribution in [1.82, 2.24) is 5.32 Å². The maximum absolute atomic E-state index is 11.4. The second-order valence-electron chi connectivity index (χ2n) is 3.64. The number of carbonyl (C=O) groups excluding carboxylic acids is 1. The van der Waals surface area contributed by atoms with E-state index in [0.717, 1.165) is 12.8 Å². The van der Waals surface area contributed by atoms with Crippen LogP contribution in [-0.4, -0.2) is 24.7 Å². The van der Waals surface area contributed by atoms with Gasteiger partial charge in [0.05, 0.1) is 12.5 Å². The third kappa shape index (κ3) is 1.22. The van der Waals surface area contributed by atoms with Crippen LogP contribution in [0.25, 0.3) is 0 Å². The summed E-state index contributed by atoms with van der Waals surface area (Å²) in [6, 6.07) is 0.999.